The number of nitro benzene ring substituents is 1. The van der Waals surface area contributed by atoms with Crippen LogP contribution >= 0.6 is 27.5 Å². The molecule has 0 aliphatic heterocycles. The van der Waals surface area contributed by atoms with Crippen molar-refractivity contribution in [3.63, 3.8) is 0 Å². The Bertz CT molecular complexity index is 737. The number of nitrogen functional groups attached to an aromatic ring is 1. The highest BCUT2D eigenvalue weighted by Gasteiger charge is 2.14. The van der Waals surface area contributed by atoms with Crippen LogP contribution in [0, 0.1) is 10.1 Å². The topological polar surface area (TPSA) is 98.3 Å². The lowest BCUT2D eigenvalue weighted by Crippen LogP contribution is -2.12. The second kappa shape index (κ2) is 6.11. The third-order valence-electron chi connectivity index (χ3n) is 2.66. The van der Waals surface area contributed by atoms with Crippen molar-refractivity contribution in [3.8, 4) is 0 Å². The number of nitrogens with one attached hydrogen (secondary N) is 1. The average Bonchev–Trinajstić information content (AvgIpc) is 2.43. The van der Waals surface area contributed by atoms with Gasteiger partial charge in [0.2, 0.25) is 0 Å². The van der Waals surface area contributed by atoms with Crippen LogP contribution in [0.5, 0.6) is 0 Å². The monoisotopic (exact) mass is 369 g/mol. The third-order valence-corrected chi connectivity index (χ3v) is 3.67. The first-order chi connectivity index (χ1) is 9.88. The minimum atomic E-state index is -0.613. The molecule has 108 valence electrons. The van der Waals surface area contributed by atoms with E-state index in [4.69, 9.17) is 17.3 Å². The van der Waals surface area contributed by atoms with Crippen molar-refractivity contribution >= 4 is 50.5 Å². The van der Waals surface area contributed by atoms with Crippen LogP contribution in [0.1, 0.15) is 10.4 Å². The Morgan fingerprint density at radius 2 is 2.00 bits per heavy atom. The van der Waals surface area contributed by atoms with Gasteiger partial charge < -0.3 is 11.1 Å². The Kier molecular flexibility index (Phi) is 4.44. The van der Waals surface area contributed by atoms with Gasteiger partial charge in [0, 0.05) is 27.5 Å². The van der Waals surface area contributed by atoms with Crippen molar-refractivity contribution in [1.82, 2.24) is 0 Å². The average molecular weight is 371 g/mol. The van der Waals surface area contributed by atoms with E-state index in [2.05, 4.69) is 21.2 Å². The van der Waals surface area contributed by atoms with Crippen molar-refractivity contribution in [2.75, 3.05) is 11.1 Å². The van der Waals surface area contributed by atoms with Crippen LogP contribution in [0.2, 0.25) is 5.02 Å². The number of benzene rings is 2. The van der Waals surface area contributed by atoms with Crippen LogP contribution in [0.4, 0.5) is 17.1 Å². The van der Waals surface area contributed by atoms with E-state index in [0.29, 0.717) is 15.7 Å². The fourth-order valence-electron chi connectivity index (χ4n) is 1.60. The van der Waals surface area contributed by atoms with Gasteiger partial charge in [-0.2, -0.15) is 0 Å². The van der Waals surface area contributed by atoms with Gasteiger partial charge in [-0.1, -0.05) is 11.6 Å². The van der Waals surface area contributed by atoms with Gasteiger partial charge in [0.25, 0.3) is 11.6 Å². The molecule has 0 aromatic heterocycles. The van der Waals surface area contributed by atoms with E-state index >= 15 is 0 Å². The Labute approximate surface area is 133 Å². The van der Waals surface area contributed by atoms with E-state index in [9.17, 15) is 14.9 Å². The predicted octanol–water partition coefficient (Wildman–Crippen LogP) is 3.85. The van der Waals surface area contributed by atoms with Crippen molar-refractivity contribution in [3.05, 3.63) is 61.6 Å². The Hall–Kier alpha value is -2.12. The molecular formula is C13H9BrClN3O3. The number of nitrogens with two attached hydrogens (primary N) is 1. The maximum atomic E-state index is 12.1. The molecule has 21 heavy (non-hydrogen) atoms. The molecule has 3 N–H and O–H groups in total. The SMILES string of the molecule is Nc1ccc(C(=O)Nc2ccc(Cl)c([N+](=O)[O-])c2)cc1Br. The minimum Gasteiger partial charge on any atom is -0.398 e. The third kappa shape index (κ3) is 3.50. The molecule has 2 aromatic rings. The Balaban J connectivity index is 2.25. The van der Waals surface area contributed by atoms with E-state index in [-0.39, 0.29) is 16.4 Å². The number of carbonyl (C=O) groups is 1. The van der Waals surface area contributed by atoms with E-state index in [0.717, 1.165) is 0 Å². The van der Waals surface area contributed by atoms with Gasteiger partial charge in [-0.3, -0.25) is 14.9 Å². The molecule has 0 saturated heterocycles. The molecule has 0 aliphatic rings. The van der Waals surface area contributed by atoms with Crippen molar-refractivity contribution < 1.29 is 9.72 Å². The van der Waals surface area contributed by atoms with Crippen molar-refractivity contribution in [1.29, 1.82) is 0 Å². The second-order valence-electron chi connectivity index (χ2n) is 4.11. The lowest BCUT2D eigenvalue weighted by molar-refractivity contribution is -0.384. The molecule has 0 unspecified atom stereocenters. The van der Waals surface area contributed by atoms with Gasteiger partial charge in [-0.15, -0.1) is 0 Å². The smallest absolute Gasteiger partial charge is 0.289 e. The molecule has 2 aromatic carbocycles. The molecule has 0 bridgehead atoms. The highest BCUT2D eigenvalue weighted by atomic mass is 79.9. The number of amides is 1. The normalized spacial score (nSPS) is 10.2. The number of halogens is 2. The van der Waals surface area contributed by atoms with Crippen LogP contribution < -0.4 is 11.1 Å². The summed E-state index contributed by atoms with van der Waals surface area (Å²) < 4.78 is 0.595. The van der Waals surface area contributed by atoms with E-state index < -0.39 is 10.8 Å². The summed E-state index contributed by atoms with van der Waals surface area (Å²) in [5, 5.41) is 13.4. The number of hydrogen-bond acceptors (Lipinski definition) is 4. The van der Waals surface area contributed by atoms with Gasteiger partial charge in [0.15, 0.2) is 0 Å². The molecule has 0 heterocycles. The molecule has 1 amide bonds. The largest absolute Gasteiger partial charge is 0.398 e. The zero-order chi connectivity index (χ0) is 15.6. The first-order valence-corrected chi connectivity index (χ1v) is 6.86. The highest BCUT2D eigenvalue weighted by molar-refractivity contribution is 9.10. The van der Waals surface area contributed by atoms with Gasteiger partial charge >= 0.3 is 0 Å². The van der Waals surface area contributed by atoms with Crippen molar-refractivity contribution in [2.45, 2.75) is 0 Å². The Morgan fingerprint density at radius 1 is 1.29 bits per heavy atom. The molecule has 0 aliphatic carbocycles. The maximum absolute atomic E-state index is 12.1. The summed E-state index contributed by atoms with van der Waals surface area (Å²) >= 11 is 8.94. The second-order valence-corrected chi connectivity index (χ2v) is 5.38. The maximum Gasteiger partial charge on any atom is 0.289 e. The van der Waals surface area contributed by atoms with E-state index in [1.165, 1.54) is 18.2 Å². The summed E-state index contributed by atoms with van der Waals surface area (Å²) in [5.41, 5.74) is 6.53. The van der Waals surface area contributed by atoms with Crippen LogP contribution in [-0.2, 0) is 0 Å². The minimum absolute atomic E-state index is 0.00762. The summed E-state index contributed by atoms with van der Waals surface area (Å²) in [5.74, 6) is -0.410. The van der Waals surface area contributed by atoms with E-state index in [1.54, 1.807) is 18.2 Å². The predicted molar refractivity (Wildman–Crippen MR) is 84.6 cm³/mol. The van der Waals surface area contributed by atoms with Crippen LogP contribution in [0.15, 0.2) is 40.9 Å². The molecular weight excluding hydrogens is 362 g/mol. The van der Waals surface area contributed by atoms with Crippen LogP contribution in [-0.4, -0.2) is 10.8 Å². The van der Waals surface area contributed by atoms with Gasteiger partial charge in [0.1, 0.15) is 5.02 Å². The van der Waals surface area contributed by atoms with Gasteiger partial charge in [0.05, 0.1) is 4.92 Å². The number of carbonyl (C=O) groups excluding carboxylic acids is 1. The summed E-state index contributed by atoms with van der Waals surface area (Å²) in [6.07, 6.45) is 0. The summed E-state index contributed by atoms with van der Waals surface area (Å²) in [6.45, 7) is 0. The first-order valence-electron chi connectivity index (χ1n) is 5.69. The molecule has 6 nitrogen and oxygen atoms in total. The fraction of sp³-hybridized carbons (Fsp3) is 0. The zero-order valence-electron chi connectivity index (χ0n) is 10.5. The molecule has 8 heteroatoms. The zero-order valence-corrected chi connectivity index (χ0v) is 12.8. The van der Waals surface area contributed by atoms with E-state index in [1.807, 2.05) is 0 Å². The fourth-order valence-corrected chi connectivity index (χ4v) is 2.17. The molecule has 0 fully saturated rings. The lowest BCUT2D eigenvalue weighted by Gasteiger charge is -2.07. The number of nitro groups is 1. The molecule has 0 spiro atoms. The Morgan fingerprint density at radius 3 is 2.62 bits per heavy atom. The van der Waals surface area contributed by atoms with Crippen molar-refractivity contribution in [2.24, 2.45) is 0 Å². The highest BCUT2D eigenvalue weighted by Crippen LogP contribution is 2.28. The number of rotatable bonds is 3. The molecule has 2 rings (SSSR count). The molecule has 0 saturated carbocycles. The number of anilines is 2. The molecule has 0 atom stereocenters. The summed E-state index contributed by atoms with van der Waals surface area (Å²) in [7, 11) is 0. The van der Waals surface area contributed by atoms with Crippen LogP contribution in [0.25, 0.3) is 0 Å². The quantitative estimate of drug-likeness (QED) is 0.487. The lowest BCUT2D eigenvalue weighted by atomic mass is 10.2. The number of nitrogens with zero attached hydrogens (tertiary/aromatic N) is 1. The summed E-state index contributed by atoms with van der Waals surface area (Å²) in [4.78, 5) is 22.3. The van der Waals surface area contributed by atoms with Crippen LogP contribution in [0.3, 0.4) is 0 Å². The standard InChI is InChI=1S/C13H9BrClN3O3/c14-9-5-7(1-4-11(9)16)13(19)17-8-2-3-10(15)12(6-8)18(20)21/h1-6H,16H2,(H,17,19). The number of hydrogen-bond donors (Lipinski definition) is 2. The summed E-state index contributed by atoms with van der Waals surface area (Å²) in [6, 6.07) is 8.75. The first kappa shape index (κ1) is 15.3. The van der Waals surface area contributed by atoms with Gasteiger partial charge in [-0.05, 0) is 46.3 Å². The van der Waals surface area contributed by atoms with Gasteiger partial charge in [-0.25, -0.2) is 0 Å². The molecule has 0 radical (unpaired) electrons.